The molecule has 1 aromatic carbocycles. The van der Waals surface area contributed by atoms with Crippen LogP contribution in [0.4, 0.5) is 11.4 Å². The van der Waals surface area contributed by atoms with Gasteiger partial charge in [0.2, 0.25) is 0 Å². The van der Waals surface area contributed by atoms with Crippen LogP contribution in [-0.4, -0.2) is 39.1 Å². The van der Waals surface area contributed by atoms with Gasteiger partial charge in [-0.3, -0.25) is 10.1 Å². The molecule has 0 aliphatic carbocycles. The van der Waals surface area contributed by atoms with Crippen LogP contribution in [0.2, 0.25) is 0 Å². The first-order valence-corrected chi connectivity index (χ1v) is 6.66. The van der Waals surface area contributed by atoms with Crippen molar-refractivity contribution >= 4 is 17.6 Å². The van der Waals surface area contributed by atoms with Gasteiger partial charge in [0, 0.05) is 36.5 Å². The SMILES string of the molecule is O=[N+]([O-])c1ccc(N2CCCC2)c(/C=N\n2cnnc2)c1. The number of aromatic nitrogens is 3. The molecule has 8 nitrogen and oxygen atoms in total. The maximum atomic E-state index is 10.9. The lowest BCUT2D eigenvalue weighted by molar-refractivity contribution is -0.384. The Hall–Kier alpha value is -2.77. The number of hydrogen-bond donors (Lipinski definition) is 0. The summed E-state index contributed by atoms with van der Waals surface area (Å²) in [5.41, 5.74) is 1.75. The minimum Gasteiger partial charge on any atom is -0.371 e. The number of anilines is 1. The molecule has 3 rings (SSSR count). The quantitative estimate of drug-likeness (QED) is 0.484. The lowest BCUT2D eigenvalue weighted by Gasteiger charge is -2.19. The molecule has 0 N–H and O–H groups in total. The molecule has 0 saturated carbocycles. The molecule has 8 heteroatoms. The Morgan fingerprint density at radius 2 is 1.95 bits per heavy atom. The zero-order valence-corrected chi connectivity index (χ0v) is 11.3. The second-order valence-corrected chi connectivity index (χ2v) is 4.78. The molecule has 0 radical (unpaired) electrons. The molecular weight excluding hydrogens is 272 g/mol. The van der Waals surface area contributed by atoms with Crippen LogP contribution >= 0.6 is 0 Å². The maximum Gasteiger partial charge on any atom is 0.270 e. The standard InChI is InChI=1S/C13H14N6O2/c20-19(21)12-3-4-13(17-5-1-2-6-17)11(7-12)8-16-18-9-14-15-10-18/h3-4,7-10H,1-2,5-6H2/b16-8-. The van der Waals surface area contributed by atoms with E-state index in [0.717, 1.165) is 37.2 Å². The van der Waals surface area contributed by atoms with E-state index in [1.807, 2.05) is 0 Å². The number of nitro benzene ring substituents is 1. The fourth-order valence-corrected chi connectivity index (χ4v) is 2.39. The van der Waals surface area contributed by atoms with Gasteiger partial charge < -0.3 is 4.90 Å². The van der Waals surface area contributed by atoms with Crippen molar-refractivity contribution in [1.29, 1.82) is 0 Å². The predicted molar refractivity (Wildman–Crippen MR) is 77.6 cm³/mol. The van der Waals surface area contributed by atoms with Gasteiger partial charge >= 0.3 is 0 Å². The zero-order valence-electron chi connectivity index (χ0n) is 11.3. The second kappa shape index (κ2) is 5.70. The Labute approximate surface area is 120 Å². The number of benzene rings is 1. The first kappa shape index (κ1) is 13.2. The lowest BCUT2D eigenvalue weighted by Crippen LogP contribution is -2.19. The number of nitro groups is 1. The average molecular weight is 286 g/mol. The molecule has 1 aliphatic heterocycles. The van der Waals surface area contributed by atoms with Gasteiger partial charge in [-0.15, -0.1) is 10.2 Å². The van der Waals surface area contributed by atoms with E-state index in [9.17, 15) is 10.1 Å². The average Bonchev–Trinajstić information content (AvgIpc) is 3.18. The lowest BCUT2D eigenvalue weighted by atomic mass is 10.1. The Morgan fingerprint density at radius 1 is 1.24 bits per heavy atom. The van der Waals surface area contributed by atoms with Crippen LogP contribution in [0.15, 0.2) is 36.0 Å². The number of nitrogens with zero attached hydrogens (tertiary/aromatic N) is 6. The fourth-order valence-electron chi connectivity index (χ4n) is 2.39. The summed E-state index contributed by atoms with van der Waals surface area (Å²) in [6.45, 7) is 1.93. The molecule has 0 atom stereocenters. The van der Waals surface area contributed by atoms with Crippen molar-refractivity contribution < 1.29 is 4.92 Å². The summed E-state index contributed by atoms with van der Waals surface area (Å²) in [7, 11) is 0. The van der Waals surface area contributed by atoms with Gasteiger partial charge in [0.25, 0.3) is 5.69 Å². The van der Waals surface area contributed by atoms with Crippen molar-refractivity contribution in [3.63, 3.8) is 0 Å². The van der Waals surface area contributed by atoms with Gasteiger partial charge in [-0.1, -0.05) is 0 Å². The van der Waals surface area contributed by atoms with E-state index < -0.39 is 4.92 Å². The minimum absolute atomic E-state index is 0.0585. The van der Waals surface area contributed by atoms with Crippen LogP contribution in [-0.2, 0) is 0 Å². The Kier molecular flexibility index (Phi) is 3.59. The van der Waals surface area contributed by atoms with E-state index >= 15 is 0 Å². The topological polar surface area (TPSA) is 89.5 Å². The molecule has 0 spiro atoms. The van der Waals surface area contributed by atoms with E-state index in [1.54, 1.807) is 18.3 Å². The summed E-state index contributed by atoms with van der Waals surface area (Å²) in [6, 6.07) is 4.86. The molecule has 1 aliphatic rings. The smallest absolute Gasteiger partial charge is 0.270 e. The highest BCUT2D eigenvalue weighted by Gasteiger charge is 2.17. The summed E-state index contributed by atoms with van der Waals surface area (Å²) in [5, 5.41) is 22.4. The molecule has 0 amide bonds. The number of hydrogen-bond acceptors (Lipinski definition) is 6. The van der Waals surface area contributed by atoms with Gasteiger partial charge in [-0.05, 0) is 18.9 Å². The van der Waals surface area contributed by atoms with Crippen molar-refractivity contribution in [2.75, 3.05) is 18.0 Å². The predicted octanol–water partition coefficient (Wildman–Crippen LogP) is 1.67. The third-order valence-electron chi connectivity index (χ3n) is 3.41. The van der Waals surface area contributed by atoms with E-state index in [4.69, 9.17) is 0 Å². The second-order valence-electron chi connectivity index (χ2n) is 4.78. The fraction of sp³-hybridized carbons (Fsp3) is 0.308. The highest BCUT2D eigenvalue weighted by atomic mass is 16.6. The van der Waals surface area contributed by atoms with Crippen LogP contribution in [0.25, 0.3) is 0 Å². The van der Waals surface area contributed by atoms with E-state index in [1.165, 1.54) is 23.4 Å². The molecule has 108 valence electrons. The summed E-state index contributed by atoms with van der Waals surface area (Å²) >= 11 is 0. The molecule has 1 saturated heterocycles. The van der Waals surface area contributed by atoms with E-state index in [0.29, 0.717) is 0 Å². The molecule has 0 bridgehead atoms. The summed E-state index contributed by atoms with van der Waals surface area (Å²) < 4.78 is 1.45. The maximum absolute atomic E-state index is 10.9. The van der Waals surface area contributed by atoms with Crippen molar-refractivity contribution in [3.05, 3.63) is 46.5 Å². The zero-order chi connectivity index (χ0) is 14.7. The van der Waals surface area contributed by atoms with Gasteiger partial charge in [0.1, 0.15) is 12.7 Å². The van der Waals surface area contributed by atoms with E-state index in [-0.39, 0.29) is 5.69 Å². The largest absolute Gasteiger partial charge is 0.371 e. The number of non-ortho nitro benzene ring substituents is 1. The molecule has 0 unspecified atom stereocenters. The van der Waals surface area contributed by atoms with Crippen LogP contribution in [0.5, 0.6) is 0 Å². The molecule has 2 aromatic rings. The van der Waals surface area contributed by atoms with Crippen LogP contribution in [0.1, 0.15) is 18.4 Å². The van der Waals surface area contributed by atoms with Crippen molar-refractivity contribution in [3.8, 4) is 0 Å². The van der Waals surface area contributed by atoms with Crippen molar-refractivity contribution in [1.82, 2.24) is 14.9 Å². The van der Waals surface area contributed by atoms with Gasteiger partial charge in [-0.2, -0.15) is 5.10 Å². The normalized spacial score (nSPS) is 15.0. The molecule has 1 fully saturated rings. The summed E-state index contributed by atoms with van der Waals surface area (Å²) in [6.07, 6.45) is 6.80. The van der Waals surface area contributed by atoms with Crippen LogP contribution in [0, 0.1) is 10.1 Å². The highest BCUT2D eigenvalue weighted by Crippen LogP contribution is 2.27. The number of rotatable bonds is 4. The van der Waals surface area contributed by atoms with Gasteiger partial charge in [-0.25, -0.2) is 4.68 Å². The molecule has 1 aromatic heterocycles. The first-order valence-electron chi connectivity index (χ1n) is 6.66. The minimum atomic E-state index is -0.399. The first-order chi connectivity index (χ1) is 10.2. The van der Waals surface area contributed by atoms with Crippen molar-refractivity contribution in [2.24, 2.45) is 5.10 Å². The van der Waals surface area contributed by atoms with Crippen LogP contribution < -0.4 is 4.90 Å². The monoisotopic (exact) mass is 286 g/mol. The highest BCUT2D eigenvalue weighted by molar-refractivity contribution is 5.89. The summed E-state index contributed by atoms with van der Waals surface area (Å²) in [5.74, 6) is 0. The molecular formula is C13H14N6O2. The third kappa shape index (κ3) is 2.88. The van der Waals surface area contributed by atoms with E-state index in [2.05, 4.69) is 20.2 Å². The van der Waals surface area contributed by atoms with Crippen LogP contribution in [0.3, 0.4) is 0 Å². The Morgan fingerprint density at radius 3 is 2.62 bits per heavy atom. The van der Waals surface area contributed by atoms with Gasteiger partial charge in [0.05, 0.1) is 11.1 Å². The molecule has 2 heterocycles. The Bertz CT molecular complexity index is 661. The molecule has 21 heavy (non-hydrogen) atoms. The Balaban J connectivity index is 1.97. The van der Waals surface area contributed by atoms with Gasteiger partial charge in [0.15, 0.2) is 0 Å². The summed E-state index contributed by atoms with van der Waals surface area (Å²) in [4.78, 5) is 12.8. The third-order valence-corrected chi connectivity index (χ3v) is 3.41. The van der Waals surface area contributed by atoms with Crippen molar-refractivity contribution in [2.45, 2.75) is 12.8 Å².